The average molecular weight is 268 g/mol. The molecule has 0 fully saturated rings. The van der Waals surface area contributed by atoms with Crippen molar-refractivity contribution >= 4 is 11.6 Å². The van der Waals surface area contributed by atoms with Gasteiger partial charge in [-0.3, -0.25) is 9.59 Å². The van der Waals surface area contributed by atoms with Crippen molar-refractivity contribution in [1.29, 1.82) is 0 Å². The number of aryl methyl sites for hydroxylation is 1. The smallest absolute Gasteiger partial charge is 0.193 e. The number of Topliss-reactive ketones (excluding diaryl/α,β-unsaturated/α-hetero) is 1. The number of rotatable bonds is 5. The molecule has 102 valence electrons. The minimum Gasteiger partial charge on any atom is -0.486 e. The maximum absolute atomic E-state index is 12.2. The molecule has 0 aliphatic carbocycles. The first-order valence-corrected chi connectivity index (χ1v) is 6.40. The Hall–Kier alpha value is -2.42. The summed E-state index contributed by atoms with van der Waals surface area (Å²) in [5.41, 5.74) is 2.38. The summed E-state index contributed by atoms with van der Waals surface area (Å²) in [7, 11) is 0. The average Bonchev–Trinajstić information content (AvgIpc) is 2.46. The van der Waals surface area contributed by atoms with Gasteiger partial charge in [0.15, 0.2) is 11.6 Å². The Kier molecular flexibility index (Phi) is 4.31. The van der Waals surface area contributed by atoms with E-state index < -0.39 is 0 Å². The lowest BCUT2D eigenvalue weighted by atomic mass is 10.0. The first-order valence-electron chi connectivity index (χ1n) is 6.40. The molecule has 2 rings (SSSR count). The van der Waals surface area contributed by atoms with Crippen molar-refractivity contribution < 1.29 is 14.3 Å². The third kappa shape index (κ3) is 3.54. The maximum atomic E-state index is 12.2. The van der Waals surface area contributed by atoms with E-state index in [1.807, 2.05) is 31.2 Å². The van der Waals surface area contributed by atoms with Crippen LogP contribution in [0.15, 0.2) is 48.5 Å². The molecule has 2 aromatic rings. The van der Waals surface area contributed by atoms with Crippen LogP contribution in [0.1, 0.15) is 28.4 Å². The predicted molar refractivity (Wildman–Crippen MR) is 77.2 cm³/mol. The third-order valence-corrected chi connectivity index (χ3v) is 2.87. The van der Waals surface area contributed by atoms with Crippen LogP contribution in [0.2, 0.25) is 0 Å². The first kappa shape index (κ1) is 14.0. The van der Waals surface area contributed by atoms with Gasteiger partial charge in [0.05, 0.1) is 0 Å². The maximum Gasteiger partial charge on any atom is 0.193 e. The molecule has 0 amide bonds. The highest BCUT2D eigenvalue weighted by Crippen LogP contribution is 2.16. The Labute approximate surface area is 118 Å². The molecule has 20 heavy (non-hydrogen) atoms. The van der Waals surface area contributed by atoms with Crippen molar-refractivity contribution in [1.82, 2.24) is 0 Å². The van der Waals surface area contributed by atoms with E-state index >= 15 is 0 Å². The molecule has 0 saturated carbocycles. The van der Waals surface area contributed by atoms with Crippen LogP contribution >= 0.6 is 0 Å². The van der Waals surface area contributed by atoms with Gasteiger partial charge < -0.3 is 4.74 Å². The fourth-order valence-electron chi connectivity index (χ4n) is 1.76. The SMILES string of the molecule is CC(=O)COc1ccc(C(=O)c2ccc(C)cc2)cc1. The quantitative estimate of drug-likeness (QED) is 0.782. The monoisotopic (exact) mass is 268 g/mol. The first-order chi connectivity index (χ1) is 9.56. The Morgan fingerprint density at radius 3 is 1.90 bits per heavy atom. The van der Waals surface area contributed by atoms with Gasteiger partial charge in [-0.15, -0.1) is 0 Å². The molecular weight excluding hydrogens is 252 g/mol. The van der Waals surface area contributed by atoms with Gasteiger partial charge in [0.25, 0.3) is 0 Å². The molecule has 3 heteroatoms. The standard InChI is InChI=1S/C17H16O3/c1-12-3-5-14(6-4-12)17(19)15-7-9-16(10-8-15)20-11-13(2)18/h3-10H,11H2,1-2H3. The van der Waals surface area contributed by atoms with Crippen LogP contribution < -0.4 is 4.74 Å². The van der Waals surface area contributed by atoms with Gasteiger partial charge in [0, 0.05) is 11.1 Å². The lowest BCUT2D eigenvalue weighted by Gasteiger charge is -2.05. The van der Waals surface area contributed by atoms with Crippen molar-refractivity contribution in [2.45, 2.75) is 13.8 Å². The van der Waals surface area contributed by atoms with E-state index in [1.165, 1.54) is 6.92 Å². The van der Waals surface area contributed by atoms with Gasteiger partial charge >= 0.3 is 0 Å². The molecule has 0 aliphatic rings. The van der Waals surface area contributed by atoms with Crippen molar-refractivity contribution in [3.63, 3.8) is 0 Å². The molecule has 0 unspecified atom stereocenters. The van der Waals surface area contributed by atoms with E-state index in [2.05, 4.69) is 0 Å². The minimum absolute atomic E-state index is 0.0249. The predicted octanol–water partition coefficient (Wildman–Crippen LogP) is 3.19. The van der Waals surface area contributed by atoms with Crippen LogP contribution in [-0.4, -0.2) is 18.2 Å². The highest BCUT2D eigenvalue weighted by Gasteiger charge is 2.08. The van der Waals surface area contributed by atoms with Crippen LogP contribution in [0.3, 0.4) is 0 Å². The Morgan fingerprint density at radius 1 is 0.900 bits per heavy atom. The highest BCUT2D eigenvalue weighted by atomic mass is 16.5. The highest BCUT2D eigenvalue weighted by molar-refractivity contribution is 6.09. The topological polar surface area (TPSA) is 43.4 Å². The van der Waals surface area contributed by atoms with Gasteiger partial charge in [0.1, 0.15) is 12.4 Å². The molecule has 0 saturated heterocycles. The molecule has 3 nitrogen and oxygen atoms in total. The second-order valence-electron chi connectivity index (χ2n) is 4.71. The van der Waals surface area contributed by atoms with Crippen LogP contribution in [0.25, 0.3) is 0 Å². The van der Waals surface area contributed by atoms with Crippen molar-refractivity contribution in [2.75, 3.05) is 6.61 Å². The number of carbonyl (C=O) groups is 2. The molecule has 2 aromatic carbocycles. The minimum atomic E-state index is -0.0372. The van der Waals surface area contributed by atoms with Crippen LogP contribution in [0, 0.1) is 6.92 Å². The summed E-state index contributed by atoms with van der Waals surface area (Å²) in [5, 5.41) is 0. The normalized spacial score (nSPS) is 10.1. The van der Waals surface area contributed by atoms with E-state index in [0.29, 0.717) is 16.9 Å². The molecule has 0 bridgehead atoms. The number of hydrogen-bond donors (Lipinski definition) is 0. The van der Waals surface area contributed by atoms with Gasteiger partial charge in [-0.25, -0.2) is 0 Å². The molecule has 0 N–H and O–H groups in total. The molecular formula is C17H16O3. The van der Waals surface area contributed by atoms with Crippen LogP contribution in [0.5, 0.6) is 5.75 Å². The largest absolute Gasteiger partial charge is 0.486 e. The van der Waals surface area contributed by atoms with Gasteiger partial charge in [-0.05, 0) is 38.1 Å². The number of ether oxygens (including phenoxy) is 1. The van der Waals surface area contributed by atoms with Gasteiger partial charge in [0.2, 0.25) is 0 Å². The zero-order valence-corrected chi connectivity index (χ0v) is 11.6. The zero-order chi connectivity index (χ0) is 14.5. The molecule has 0 radical (unpaired) electrons. The van der Waals surface area contributed by atoms with Gasteiger partial charge in [-0.1, -0.05) is 29.8 Å². The fourth-order valence-corrected chi connectivity index (χ4v) is 1.76. The molecule has 0 aliphatic heterocycles. The summed E-state index contributed by atoms with van der Waals surface area (Å²) in [6.45, 7) is 3.50. The third-order valence-electron chi connectivity index (χ3n) is 2.87. The molecule has 0 heterocycles. The van der Waals surface area contributed by atoms with Crippen molar-refractivity contribution in [2.24, 2.45) is 0 Å². The number of hydrogen-bond acceptors (Lipinski definition) is 3. The van der Waals surface area contributed by atoms with Crippen molar-refractivity contribution in [3.05, 3.63) is 65.2 Å². The Morgan fingerprint density at radius 2 is 1.40 bits per heavy atom. The van der Waals surface area contributed by atoms with Crippen LogP contribution in [0.4, 0.5) is 0 Å². The zero-order valence-electron chi connectivity index (χ0n) is 11.6. The van der Waals surface area contributed by atoms with Crippen LogP contribution in [-0.2, 0) is 4.79 Å². The van der Waals surface area contributed by atoms with Crippen molar-refractivity contribution in [3.8, 4) is 5.75 Å². The number of ketones is 2. The Balaban J connectivity index is 2.11. The summed E-state index contributed by atoms with van der Waals surface area (Å²) < 4.78 is 5.26. The number of carbonyl (C=O) groups excluding carboxylic acids is 2. The second-order valence-corrected chi connectivity index (χ2v) is 4.71. The summed E-state index contributed by atoms with van der Waals surface area (Å²) >= 11 is 0. The molecule has 0 aromatic heterocycles. The van der Waals surface area contributed by atoms with E-state index in [0.717, 1.165) is 5.56 Å². The number of benzene rings is 2. The van der Waals surface area contributed by atoms with E-state index in [-0.39, 0.29) is 18.2 Å². The Bertz CT molecular complexity index is 610. The van der Waals surface area contributed by atoms with E-state index in [4.69, 9.17) is 4.74 Å². The summed E-state index contributed by atoms with van der Waals surface area (Å²) in [5.74, 6) is 0.522. The summed E-state index contributed by atoms with van der Waals surface area (Å²) in [6, 6.07) is 14.3. The lowest BCUT2D eigenvalue weighted by molar-refractivity contribution is -0.118. The molecule has 0 spiro atoms. The lowest BCUT2D eigenvalue weighted by Crippen LogP contribution is -2.07. The fraction of sp³-hybridized carbons (Fsp3) is 0.176. The molecule has 0 atom stereocenters. The van der Waals surface area contributed by atoms with Gasteiger partial charge in [-0.2, -0.15) is 0 Å². The van der Waals surface area contributed by atoms with E-state index in [1.54, 1.807) is 24.3 Å². The summed E-state index contributed by atoms with van der Waals surface area (Å²) in [4.78, 5) is 23.1. The summed E-state index contributed by atoms with van der Waals surface area (Å²) in [6.07, 6.45) is 0. The second kappa shape index (κ2) is 6.15. The van der Waals surface area contributed by atoms with E-state index in [9.17, 15) is 9.59 Å².